The third-order valence-corrected chi connectivity index (χ3v) is 4.50. The highest BCUT2D eigenvalue weighted by atomic mass is 16.5. The van der Waals surface area contributed by atoms with E-state index in [9.17, 15) is 9.59 Å². The average molecular weight is 348 g/mol. The summed E-state index contributed by atoms with van der Waals surface area (Å²) in [6.07, 6.45) is 1.64. The number of benzene rings is 1. The molecule has 1 aromatic rings. The van der Waals surface area contributed by atoms with Crippen molar-refractivity contribution in [3.8, 4) is 0 Å². The number of amides is 2. The first-order valence-electron chi connectivity index (χ1n) is 8.74. The molecule has 0 radical (unpaired) electrons. The van der Waals surface area contributed by atoms with Crippen LogP contribution in [-0.4, -0.2) is 49.1 Å². The first-order chi connectivity index (χ1) is 12.1. The molecule has 2 rings (SSSR count). The van der Waals surface area contributed by atoms with Gasteiger partial charge in [0.05, 0.1) is 6.04 Å². The van der Waals surface area contributed by atoms with E-state index >= 15 is 0 Å². The maximum Gasteiger partial charge on any atom is 0.407 e. The fourth-order valence-electron chi connectivity index (χ4n) is 3.05. The van der Waals surface area contributed by atoms with Crippen molar-refractivity contribution in [3.05, 3.63) is 35.9 Å². The molecule has 1 saturated heterocycles. The van der Waals surface area contributed by atoms with E-state index in [2.05, 4.69) is 10.2 Å². The summed E-state index contributed by atoms with van der Waals surface area (Å²) in [5.41, 5.74) is 11.9. The lowest BCUT2D eigenvalue weighted by molar-refractivity contribution is -0.118. The fraction of sp³-hybridized carbons (Fsp3) is 0.556. The molecule has 0 aromatic heterocycles. The van der Waals surface area contributed by atoms with Crippen molar-refractivity contribution >= 4 is 12.0 Å². The van der Waals surface area contributed by atoms with Crippen LogP contribution in [0.15, 0.2) is 30.3 Å². The first-order valence-corrected chi connectivity index (χ1v) is 8.74. The third kappa shape index (κ3) is 7.11. The molecule has 7 nitrogen and oxygen atoms in total. The third-order valence-electron chi connectivity index (χ3n) is 4.50. The van der Waals surface area contributed by atoms with Gasteiger partial charge in [0.1, 0.15) is 6.61 Å². The van der Waals surface area contributed by atoms with Crippen LogP contribution in [0.2, 0.25) is 0 Å². The molecule has 1 aromatic carbocycles. The Balaban J connectivity index is 1.80. The molecule has 0 bridgehead atoms. The lowest BCUT2D eigenvalue weighted by Crippen LogP contribution is -2.48. The molecule has 0 spiro atoms. The van der Waals surface area contributed by atoms with Crippen LogP contribution in [0.3, 0.4) is 0 Å². The summed E-state index contributed by atoms with van der Waals surface area (Å²) in [7, 11) is 0. The van der Waals surface area contributed by atoms with Gasteiger partial charge in [-0.1, -0.05) is 30.3 Å². The summed E-state index contributed by atoms with van der Waals surface area (Å²) >= 11 is 0. The summed E-state index contributed by atoms with van der Waals surface area (Å²) in [6, 6.07) is 9.09. The Morgan fingerprint density at radius 2 is 1.92 bits per heavy atom. The minimum absolute atomic E-state index is 0.0945. The molecular formula is C18H28N4O3. The molecule has 138 valence electrons. The molecule has 0 saturated carbocycles. The van der Waals surface area contributed by atoms with E-state index in [1.165, 1.54) is 0 Å². The van der Waals surface area contributed by atoms with Gasteiger partial charge in [-0.2, -0.15) is 0 Å². The molecule has 1 heterocycles. The van der Waals surface area contributed by atoms with Crippen LogP contribution in [0.1, 0.15) is 24.8 Å². The summed E-state index contributed by atoms with van der Waals surface area (Å²) < 4.78 is 5.23. The highest BCUT2D eigenvalue weighted by molar-refractivity contribution is 5.76. The van der Waals surface area contributed by atoms with Crippen LogP contribution in [0.4, 0.5) is 4.79 Å². The Bertz CT molecular complexity index is 545. The molecule has 7 heteroatoms. The number of hydrogen-bond donors (Lipinski definition) is 3. The number of carbonyl (C=O) groups is 2. The number of hydrogen-bond acceptors (Lipinski definition) is 5. The number of nitrogens with one attached hydrogen (secondary N) is 1. The molecule has 1 aliphatic heterocycles. The Morgan fingerprint density at radius 1 is 1.24 bits per heavy atom. The second kappa shape index (κ2) is 10.0. The zero-order valence-electron chi connectivity index (χ0n) is 14.5. The number of likely N-dealkylation sites (tertiary alicyclic amines) is 1. The van der Waals surface area contributed by atoms with Crippen LogP contribution < -0.4 is 16.8 Å². The van der Waals surface area contributed by atoms with Crippen molar-refractivity contribution in [1.29, 1.82) is 0 Å². The molecular weight excluding hydrogens is 320 g/mol. The van der Waals surface area contributed by atoms with Crippen molar-refractivity contribution in [3.63, 3.8) is 0 Å². The predicted molar refractivity (Wildman–Crippen MR) is 95.6 cm³/mol. The van der Waals surface area contributed by atoms with Gasteiger partial charge in [-0.25, -0.2) is 4.79 Å². The van der Waals surface area contributed by atoms with Crippen molar-refractivity contribution in [2.24, 2.45) is 17.4 Å². The number of ether oxygens (including phenoxy) is 1. The lowest BCUT2D eigenvalue weighted by atomic mass is 9.96. The van der Waals surface area contributed by atoms with Gasteiger partial charge in [0, 0.05) is 13.0 Å². The number of carbonyl (C=O) groups excluding carboxylic acids is 2. The maximum atomic E-state index is 12.0. The van der Waals surface area contributed by atoms with Crippen LogP contribution in [-0.2, 0) is 16.1 Å². The summed E-state index contributed by atoms with van der Waals surface area (Å²) in [5.74, 6) is 0.125. The van der Waals surface area contributed by atoms with E-state index in [1.807, 2.05) is 30.3 Å². The van der Waals surface area contributed by atoms with E-state index in [-0.39, 0.29) is 19.1 Å². The smallest absolute Gasteiger partial charge is 0.407 e. The van der Waals surface area contributed by atoms with E-state index in [0.717, 1.165) is 31.5 Å². The number of nitrogens with zero attached hydrogens (tertiary/aromatic N) is 1. The topological polar surface area (TPSA) is 111 Å². The summed E-state index contributed by atoms with van der Waals surface area (Å²) in [4.78, 5) is 25.6. The highest BCUT2D eigenvalue weighted by Gasteiger charge is 2.23. The van der Waals surface area contributed by atoms with E-state index < -0.39 is 12.0 Å². The van der Waals surface area contributed by atoms with Gasteiger partial charge >= 0.3 is 6.09 Å². The minimum atomic E-state index is -0.535. The molecule has 2 amide bonds. The van der Waals surface area contributed by atoms with Crippen LogP contribution in [0.25, 0.3) is 0 Å². The molecule has 1 fully saturated rings. The van der Waals surface area contributed by atoms with Gasteiger partial charge in [-0.3, -0.25) is 4.79 Å². The van der Waals surface area contributed by atoms with Gasteiger partial charge in [-0.15, -0.1) is 0 Å². The highest BCUT2D eigenvalue weighted by Crippen LogP contribution is 2.16. The van der Waals surface area contributed by atoms with Crippen molar-refractivity contribution in [2.75, 3.05) is 26.2 Å². The van der Waals surface area contributed by atoms with Crippen molar-refractivity contribution in [1.82, 2.24) is 10.2 Å². The van der Waals surface area contributed by atoms with Gasteiger partial charge in [-0.05, 0) is 44.0 Å². The fourth-order valence-corrected chi connectivity index (χ4v) is 3.05. The molecule has 1 unspecified atom stereocenters. The second-order valence-corrected chi connectivity index (χ2v) is 6.55. The van der Waals surface area contributed by atoms with Gasteiger partial charge < -0.3 is 26.4 Å². The van der Waals surface area contributed by atoms with Crippen LogP contribution in [0.5, 0.6) is 0 Å². The Kier molecular flexibility index (Phi) is 7.69. The van der Waals surface area contributed by atoms with Crippen LogP contribution in [0, 0.1) is 5.92 Å². The normalized spacial score (nSPS) is 17.0. The predicted octanol–water partition coefficient (Wildman–Crippen LogP) is 0.828. The Morgan fingerprint density at radius 3 is 2.52 bits per heavy atom. The maximum absolute atomic E-state index is 12.0. The molecule has 5 N–H and O–H groups in total. The quantitative estimate of drug-likeness (QED) is 0.644. The number of nitrogens with two attached hydrogens (primary N) is 2. The zero-order valence-corrected chi connectivity index (χ0v) is 14.5. The summed E-state index contributed by atoms with van der Waals surface area (Å²) in [5, 5.41) is 2.76. The molecule has 1 aliphatic rings. The number of piperidine rings is 1. The Labute approximate surface area is 148 Å². The Hall–Kier alpha value is -2.12. The molecule has 1 atom stereocenters. The largest absolute Gasteiger partial charge is 0.445 e. The van der Waals surface area contributed by atoms with Gasteiger partial charge in [0.25, 0.3) is 0 Å². The monoisotopic (exact) mass is 348 g/mol. The standard InChI is InChI=1S/C18H28N4O3/c19-11-14-6-8-22(9-7-14)12-16(10-17(20)23)21-18(24)25-13-15-4-2-1-3-5-15/h1-5,14,16H,6-13,19H2,(H2,20,23)(H,21,24). The van der Waals surface area contributed by atoms with E-state index in [4.69, 9.17) is 16.2 Å². The lowest BCUT2D eigenvalue weighted by Gasteiger charge is -2.33. The van der Waals surface area contributed by atoms with Gasteiger partial charge in [0.15, 0.2) is 0 Å². The van der Waals surface area contributed by atoms with Crippen molar-refractivity contribution < 1.29 is 14.3 Å². The number of primary amides is 1. The van der Waals surface area contributed by atoms with Crippen molar-refractivity contribution in [2.45, 2.75) is 31.9 Å². The number of rotatable bonds is 8. The number of alkyl carbamates (subject to hydrolysis) is 1. The van der Waals surface area contributed by atoms with Gasteiger partial charge in [0.2, 0.25) is 5.91 Å². The first kappa shape index (κ1) is 19.2. The molecule has 25 heavy (non-hydrogen) atoms. The van der Waals surface area contributed by atoms with E-state index in [1.54, 1.807) is 0 Å². The minimum Gasteiger partial charge on any atom is -0.445 e. The van der Waals surface area contributed by atoms with E-state index in [0.29, 0.717) is 19.0 Å². The SMILES string of the molecule is NCC1CCN(CC(CC(N)=O)NC(=O)OCc2ccccc2)CC1. The van der Waals surface area contributed by atoms with Crippen LogP contribution >= 0.6 is 0 Å². The second-order valence-electron chi connectivity index (χ2n) is 6.55. The zero-order chi connectivity index (χ0) is 18.1. The molecule has 0 aliphatic carbocycles. The average Bonchev–Trinajstić information content (AvgIpc) is 2.61. The summed E-state index contributed by atoms with van der Waals surface area (Å²) in [6.45, 7) is 3.32.